The van der Waals surface area contributed by atoms with Crippen molar-refractivity contribution in [3.63, 3.8) is 0 Å². The number of rotatable bonds is 7. The van der Waals surface area contributed by atoms with Crippen LogP contribution in [-0.2, 0) is 14.3 Å². The summed E-state index contributed by atoms with van der Waals surface area (Å²) in [6, 6.07) is -0.0229. The molecule has 1 rings (SSSR count). The van der Waals surface area contributed by atoms with E-state index in [0.717, 1.165) is 12.7 Å². The Labute approximate surface area is 122 Å². The molecule has 0 aromatic carbocycles. The first-order valence-electron chi connectivity index (χ1n) is 5.60. The fraction of sp³-hybridized carbons (Fsp3) is 0.600. The van der Waals surface area contributed by atoms with E-state index in [4.69, 9.17) is 27.4 Å². The summed E-state index contributed by atoms with van der Waals surface area (Å²) in [5.74, 6) is 0.424. The van der Waals surface area contributed by atoms with Crippen LogP contribution < -0.4 is 5.32 Å². The van der Waals surface area contributed by atoms with Crippen molar-refractivity contribution in [2.75, 3.05) is 18.2 Å². The number of nitrogens with zero attached hydrogens (tertiary/aromatic N) is 2. The third kappa shape index (κ3) is 6.38. The molecule has 1 unspecified atom stereocenters. The minimum absolute atomic E-state index is 0.0229. The van der Waals surface area contributed by atoms with Crippen LogP contribution in [0.5, 0.6) is 0 Å². The lowest BCUT2D eigenvalue weighted by molar-refractivity contribution is 0.305. The highest BCUT2D eigenvalue weighted by Crippen LogP contribution is 2.21. The van der Waals surface area contributed by atoms with Gasteiger partial charge in [0.2, 0.25) is 5.28 Å². The van der Waals surface area contributed by atoms with E-state index in [9.17, 15) is 8.42 Å². The number of hydrogen-bond acceptors (Lipinski definition) is 6. The Morgan fingerprint density at radius 2 is 2.16 bits per heavy atom. The van der Waals surface area contributed by atoms with Crippen LogP contribution in [0.15, 0.2) is 6.20 Å². The molecular formula is C10H15Cl2N3O3S. The molecule has 1 atom stereocenters. The molecule has 0 saturated heterocycles. The maximum Gasteiger partial charge on any atom is 0.264 e. The van der Waals surface area contributed by atoms with Crippen molar-refractivity contribution in [2.45, 2.75) is 25.8 Å². The normalized spacial score (nSPS) is 13.3. The van der Waals surface area contributed by atoms with Gasteiger partial charge >= 0.3 is 0 Å². The second kappa shape index (κ2) is 7.23. The minimum Gasteiger partial charge on any atom is -0.366 e. The Balaban J connectivity index is 2.59. The molecule has 0 spiro atoms. The van der Waals surface area contributed by atoms with Gasteiger partial charge in [-0.05, 0) is 24.4 Å². The number of anilines is 1. The van der Waals surface area contributed by atoms with E-state index in [0.29, 0.717) is 17.3 Å². The van der Waals surface area contributed by atoms with E-state index in [-0.39, 0.29) is 17.9 Å². The Kier molecular flexibility index (Phi) is 6.25. The summed E-state index contributed by atoms with van der Waals surface area (Å²) in [5.41, 5.74) is 0. The van der Waals surface area contributed by atoms with Crippen LogP contribution in [0, 0.1) is 0 Å². The van der Waals surface area contributed by atoms with Gasteiger partial charge in [0.05, 0.1) is 19.1 Å². The van der Waals surface area contributed by atoms with Gasteiger partial charge in [-0.2, -0.15) is 13.4 Å². The van der Waals surface area contributed by atoms with Crippen molar-refractivity contribution < 1.29 is 12.6 Å². The van der Waals surface area contributed by atoms with Crippen LogP contribution in [0.2, 0.25) is 10.3 Å². The standard InChI is InChI=1S/C10H15Cl2N3O3S/c1-3-7(4-5-18-19(2,16)17)14-9-8(11)6-13-10(12)15-9/h6-7H,3-5H2,1-2H3,(H,13,14,15). The predicted molar refractivity (Wildman–Crippen MR) is 75.2 cm³/mol. The highest BCUT2D eigenvalue weighted by atomic mass is 35.5. The maximum atomic E-state index is 10.9. The van der Waals surface area contributed by atoms with E-state index in [1.54, 1.807) is 0 Å². The summed E-state index contributed by atoms with van der Waals surface area (Å²) >= 11 is 11.6. The lowest BCUT2D eigenvalue weighted by Gasteiger charge is -2.17. The van der Waals surface area contributed by atoms with Crippen LogP contribution in [-0.4, -0.2) is 37.3 Å². The Hall–Kier alpha value is -0.630. The molecule has 0 aliphatic heterocycles. The van der Waals surface area contributed by atoms with Crippen LogP contribution >= 0.6 is 23.2 Å². The molecule has 108 valence electrons. The number of hydrogen-bond donors (Lipinski definition) is 1. The summed E-state index contributed by atoms with van der Waals surface area (Å²) < 4.78 is 26.4. The molecule has 1 N–H and O–H groups in total. The van der Waals surface area contributed by atoms with Crippen LogP contribution in [0.25, 0.3) is 0 Å². The topological polar surface area (TPSA) is 81.2 Å². The Morgan fingerprint density at radius 3 is 2.74 bits per heavy atom. The van der Waals surface area contributed by atoms with Gasteiger partial charge in [0.15, 0.2) is 0 Å². The first-order chi connectivity index (χ1) is 8.81. The average Bonchev–Trinajstić information content (AvgIpc) is 2.30. The van der Waals surface area contributed by atoms with Crippen molar-refractivity contribution in [1.82, 2.24) is 9.97 Å². The van der Waals surface area contributed by atoms with E-state index >= 15 is 0 Å². The zero-order chi connectivity index (χ0) is 14.5. The molecule has 19 heavy (non-hydrogen) atoms. The molecule has 1 aromatic heterocycles. The molecule has 1 heterocycles. The summed E-state index contributed by atoms with van der Waals surface area (Å²) in [6.45, 7) is 2.05. The molecule has 0 fully saturated rings. The Bertz CT molecular complexity index is 525. The average molecular weight is 328 g/mol. The maximum absolute atomic E-state index is 10.9. The highest BCUT2D eigenvalue weighted by Gasteiger charge is 2.12. The molecular weight excluding hydrogens is 313 g/mol. The minimum atomic E-state index is -3.42. The zero-order valence-electron chi connectivity index (χ0n) is 10.6. The fourth-order valence-electron chi connectivity index (χ4n) is 1.36. The van der Waals surface area contributed by atoms with Crippen molar-refractivity contribution in [2.24, 2.45) is 0 Å². The van der Waals surface area contributed by atoms with Crippen LogP contribution in [0.1, 0.15) is 19.8 Å². The largest absolute Gasteiger partial charge is 0.366 e. The fourth-order valence-corrected chi connectivity index (χ4v) is 2.04. The molecule has 1 aromatic rings. The van der Waals surface area contributed by atoms with Gasteiger partial charge < -0.3 is 5.32 Å². The summed E-state index contributed by atoms with van der Waals surface area (Å²) in [6.07, 6.45) is 3.67. The third-order valence-corrected chi connectivity index (χ3v) is 3.37. The van der Waals surface area contributed by atoms with Crippen molar-refractivity contribution in [3.05, 3.63) is 16.5 Å². The molecule has 0 radical (unpaired) electrons. The first-order valence-corrected chi connectivity index (χ1v) is 8.18. The number of nitrogens with one attached hydrogen (secondary N) is 1. The Morgan fingerprint density at radius 1 is 1.47 bits per heavy atom. The molecule has 0 bridgehead atoms. The van der Waals surface area contributed by atoms with Crippen LogP contribution in [0.3, 0.4) is 0 Å². The number of halogens is 2. The highest BCUT2D eigenvalue weighted by molar-refractivity contribution is 7.85. The summed E-state index contributed by atoms with van der Waals surface area (Å²) in [4.78, 5) is 7.71. The lowest BCUT2D eigenvalue weighted by Crippen LogP contribution is -2.22. The summed E-state index contributed by atoms with van der Waals surface area (Å²) in [7, 11) is -3.42. The van der Waals surface area contributed by atoms with Gasteiger partial charge in [-0.25, -0.2) is 4.98 Å². The second-order valence-electron chi connectivity index (χ2n) is 3.90. The van der Waals surface area contributed by atoms with Gasteiger partial charge in [0.1, 0.15) is 10.8 Å². The van der Waals surface area contributed by atoms with Crippen LogP contribution in [0.4, 0.5) is 5.82 Å². The SMILES string of the molecule is CCC(CCOS(C)(=O)=O)Nc1nc(Cl)ncc1Cl. The van der Waals surface area contributed by atoms with Gasteiger partial charge in [-0.1, -0.05) is 18.5 Å². The van der Waals surface area contributed by atoms with E-state index in [1.165, 1.54) is 6.20 Å². The molecule has 0 amide bonds. The molecule has 6 nitrogen and oxygen atoms in total. The monoisotopic (exact) mass is 327 g/mol. The van der Waals surface area contributed by atoms with Crippen molar-refractivity contribution in [1.29, 1.82) is 0 Å². The molecule has 0 aliphatic rings. The van der Waals surface area contributed by atoms with Gasteiger partial charge in [0, 0.05) is 6.04 Å². The van der Waals surface area contributed by atoms with Crippen molar-refractivity contribution >= 4 is 39.1 Å². The van der Waals surface area contributed by atoms with Crippen molar-refractivity contribution in [3.8, 4) is 0 Å². The number of aromatic nitrogens is 2. The molecule has 0 aliphatic carbocycles. The summed E-state index contributed by atoms with van der Waals surface area (Å²) in [5, 5.41) is 3.53. The third-order valence-electron chi connectivity index (χ3n) is 2.31. The quantitative estimate of drug-likeness (QED) is 0.611. The molecule has 9 heteroatoms. The second-order valence-corrected chi connectivity index (χ2v) is 6.29. The van der Waals surface area contributed by atoms with Gasteiger partial charge in [-0.15, -0.1) is 0 Å². The van der Waals surface area contributed by atoms with Gasteiger partial charge in [0.25, 0.3) is 10.1 Å². The van der Waals surface area contributed by atoms with E-state index in [1.807, 2.05) is 6.92 Å². The van der Waals surface area contributed by atoms with Gasteiger partial charge in [-0.3, -0.25) is 4.18 Å². The lowest BCUT2D eigenvalue weighted by atomic mass is 10.1. The van der Waals surface area contributed by atoms with E-state index in [2.05, 4.69) is 15.3 Å². The smallest absolute Gasteiger partial charge is 0.264 e. The zero-order valence-corrected chi connectivity index (χ0v) is 12.9. The molecule has 0 saturated carbocycles. The van der Waals surface area contributed by atoms with E-state index < -0.39 is 10.1 Å². The predicted octanol–water partition coefficient (Wildman–Crippen LogP) is 2.34. The first kappa shape index (κ1) is 16.4.